The van der Waals surface area contributed by atoms with E-state index in [1.807, 2.05) is 6.07 Å². The third kappa shape index (κ3) is 2.18. The molecule has 1 aliphatic carbocycles. The molecular formula is C14H9NO4. The van der Waals surface area contributed by atoms with Gasteiger partial charge in [-0.25, -0.2) is 0 Å². The van der Waals surface area contributed by atoms with Gasteiger partial charge in [-0.1, -0.05) is 18.2 Å². The lowest BCUT2D eigenvalue weighted by Gasteiger charge is -2.03. The van der Waals surface area contributed by atoms with Crippen LogP contribution in [0.1, 0.15) is 5.56 Å². The molecule has 0 bridgehead atoms. The van der Waals surface area contributed by atoms with Crippen LogP contribution in [0, 0.1) is 10.8 Å². The number of para-hydroxylation sites is 1. The Morgan fingerprint density at radius 1 is 1.11 bits per heavy atom. The van der Waals surface area contributed by atoms with Crippen LogP contribution in [0.5, 0.6) is 0 Å². The number of carbonyl (C=O) groups is 1. The van der Waals surface area contributed by atoms with Crippen molar-refractivity contribution in [1.82, 2.24) is 0 Å². The molecular weight excluding hydrogens is 246 g/mol. The van der Waals surface area contributed by atoms with E-state index in [0.717, 1.165) is 0 Å². The fraction of sp³-hybridized carbons (Fsp3) is 0.0714. The van der Waals surface area contributed by atoms with Crippen molar-refractivity contribution in [1.29, 1.82) is 0 Å². The molecule has 3 rings (SSSR count). The van der Waals surface area contributed by atoms with Gasteiger partial charge in [-0.3, -0.25) is 14.4 Å². The number of nitrogens with one attached hydrogen (secondary N) is 1. The molecule has 1 aromatic rings. The summed E-state index contributed by atoms with van der Waals surface area (Å²) in [5.74, 6) is -0.344. The Bertz CT molecular complexity index is 869. The number of benzene rings is 1. The Morgan fingerprint density at radius 3 is 2.58 bits per heavy atom. The van der Waals surface area contributed by atoms with Crippen LogP contribution < -0.4 is 16.2 Å². The van der Waals surface area contributed by atoms with E-state index in [1.165, 1.54) is 6.07 Å². The fourth-order valence-corrected chi connectivity index (χ4v) is 1.85. The van der Waals surface area contributed by atoms with Gasteiger partial charge in [0, 0.05) is 11.3 Å². The van der Waals surface area contributed by atoms with Crippen molar-refractivity contribution in [3.63, 3.8) is 0 Å². The van der Waals surface area contributed by atoms with Crippen LogP contribution in [0.2, 0.25) is 0 Å². The van der Waals surface area contributed by atoms with Crippen molar-refractivity contribution in [2.45, 2.75) is 6.42 Å². The zero-order valence-electron chi connectivity index (χ0n) is 9.80. The standard InChI is InChI=1S/C14H9NO4/c16-10-6-8(12(18)14-13(10)19-14)7-11(17)15-9-4-2-1-3-5-9/h1-6H,7H2,(H,15,17). The number of anilines is 1. The monoisotopic (exact) mass is 255 g/mol. The average molecular weight is 255 g/mol. The lowest BCUT2D eigenvalue weighted by Crippen LogP contribution is -2.21. The predicted octanol–water partition coefficient (Wildman–Crippen LogP) is 0.782. The maximum atomic E-state index is 11.8. The smallest absolute Gasteiger partial charge is 0.228 e. The number of carbonyl (C=O) groups excluding carboxylic acids is 1. The zero-order chi connectivity index (χ0) is 13.4. The van der Waals surface area contributed by atoms with Crippen LogP contribution in [0.25, 0.3) is 0 Å². The third-order valence-corrected chi connectivity index (χ3v) is 2.80. The minimum Gasteiger partial charge on any atom is -0.441 e. The summed E-state index contributed by atoms with van der Waals surface area (Å²) in [5.41, 5.74) is 0.266. The number of amides is 1. The topological polar surface area (TPSA) is 76.4 Å². The van der Waals surface area contributed by atoms with Gasteiger partial charge in [0.25, 0.3) is 0 Å². The quantitative estimate of drug-likeness (QED) is 0.750. The maximum Gasteiger partial charge on any atom is 0.228 e. The Labute approximate surface area is 106 Å². The Balaban J connectivity index is 1.81. The highest BCUT2D eigenvalue weighted by Crippen LogP contribution is 2.06. The van der Waals surface area contributed by atoms with E-state index < -0.39 is 0 Å². The Morgan fingerprint density at radius 2 is 1.84 bits per heavy atom. The van der Waals surface area contributed by atoms with Crippen molar-refractivity contribution < 1.29 is 9.21 Å². The lowest BCUT2D eigenvalue weighted by atomic mass is 10.1. The molecule has 1 N–H and O–H groups in total. The van der Waals surface area contributed by atoms with Gasteiger partial charge >= 0.3 is 0 Å². The summed E-state index contributed by atoms with van der Waals surface area (Å²) in [5, 5.41) is 2.65. The van der Waals surface area contributed by atoms with Crippen molar-refractivity contribution in [3.8, 4) is 0 Å². The molecule has 1 heterocycles. The summed E-state index contributed by atoms with van der Waals surface area (Å²) in [7, 11) is 0. The van der Waals surface area contributed by atoms with E-state index in [-0.39, 0.29) is 39.6 Å². The van der Waals surface area contributed by atoms with Gasteiger partial charge in [0.1, 0.15) is 0 Å². The van der Waals surface area contributed by atoms with Gasteiger partial charge < -0.3 is 9.73 Å². The van der Waals surface area contributed by atoms with Crippen molar-refractivity contribution >= 4 is 11.6 Å². The second kappa shape index (κ2) is 4.20. The van der Waals surface area contributed by atoms with Crippen molar-refractivity contribution in [3.05, 3.63) is 73.2 Å². The molecule has 5 heteroatoms. The van der Waals surface area contributed by atoms with Crippen LogP contribution in [0.4, 0.5) is 5.69 Å². The third-order valence-electron chi connectivity index (χ3n) is 2.80. The molecule has 19 heavy (non-hydrogen) atoms. The molecule has 2 aliphatic rings. The van der Waals surface area contributed by atoms with Crippen molar-refractivity contribution in [2.75, 3.05) is 5.32 Å². The molecule has 0 saturated carbocycles. The van der Waals surface area contributed by atoms with Gasteiger partial charge in [-0.2, -0.15) is 0 Å². The highest BCUT2D eigenvalue weighted by molar-refractivity contribution is 5.92. The van der Waals surface area contributed by atoms with Crippen LogP contribution in [0.3, 0.4) is 0 Å². The van der Waals surface area contributed by atoms with E-state index in [0.29, 0.717) is 5.69 Å². The first-order valence-electron chi connectivity index (χ1n) is 5.72. The average Bonchev–Trinajstić information content (AvgIpc) is 3.17. The van der Waals surface area contributed by atoms with Gasteiger partial charge in [0.05, 0.1) is 6.42 Å². The van der Waals surface area contributed by atoms with Crippen LogP contribution >= 0.6 is 0 Å². The highest BCUT2D eigenvalue weighted by Gasteiger charge is 2.17. The van der Waals surface area contributed by atoms with Crippen LogP contribution in [0.15, 0.2) is 50.4 Å². The molecule has 0 atom stereocenters. The minimum absolute atomic E-state index is 0.0787. The first-order chi connectivity index (χ1) is 9.15. The molecule has 0 spiro atoms. The van der Waals surface area contributed by atoms with Gasteiger partial charge in [-0.05, 0) is 18.2 Å². The molecule has 0 radical (unpaired) electrons. The maximum absolute atomic E-state index is 11.8. The SMILES string of the molecule is O=C(Cc1cc(=O)c2oc=2c1=O)Nc1ccccc1. The summed E-state index contributed by atoms with van der Waals surface area (Å²) >= 11 is 0. The van der Waals surface area contributed by atoms with Gasteiger partial charge in [-0.15, -0.1) is 0 Å². The van der Waals surface area contributed by atoms with Crippen LogP contribution in [-0.2, 0) is 11.2 Å². The number of hydrogen-bond donors (Lipinski definition) is 1. The van der Waals surface area contributed by atoms with E-state index >= 15 is 0 Å². The second-order valence-electron chi connectivity index (χ2n) is 4.21. The molecule has 0 saturated heterocycles. The van der Waals surface area contributed by atoms with Gasteiger partial charge in [0.15, 0.2) is 0 Å². The fourth-order valence-electron chi connectivity index (χ4n) is 1.85. The lowest BCUT2D eigenvalue weighted by molar-refractivity contribution is -0.115. The summed E-state index contributed by atoms with van der Waals surface area (Å²) in [6.07, 6.45) is -0.139. The molecule has 5 nitrogen and oxygen atoms in total. The first-order valence-corrected chi connectivity index (χ1v) is 5.72. The predicted molar refractivity (Wildman–Crippen MR) is 67.7 cm³/mol. The summed E-state index contributed by atoms with van der Waals surface area (Å²) in [6, 6.07) is 10.1. The first kappa shape index (κ1) is 11.4. The van der Waals surface area contributed by atoms with Gasteiger partial charge in [0.2, 0.25) is 27.6 Å². The molecule has 1 aliphatic heterocycles. The van der Waals surface area contributed by atoms with E-state index in [2.05, 4.69) is 5.32 Å². The zero-order valence-corrected chi connectivity index (χ0v) is 9.80. The molecule has 0 unspecified atom stereocenters. The Hall–Kier alpha value is -2.69. The molecule has 94 valence electrons. The Kier molecular flexibility index (Phi) is 2.52. The highest BCUT2D eigenvalue weighted by atomic mass is 16.4. The van der Waals surface area contributed by atoms with E-state index in [9.17, 15) is 14.4 Å². The normalized spacial score (nSPS) is 10.9. The summed E-state index contributed by atoms with van der Waals surface area (Å²) < 4.78 is 4.78. The molecule has 1 amide bonds. The largest absolute Gasteiger partial charge is 0.441 e. The van der Waals surface area contributed by atoms with Crippen molar-refractivity contribution in [2.24, 2.45) is 0 Å². The van der Waals surface area contributed by atoms with E-state index in [1.54, 1.807) is 24.3 Å². The molecule has 1 aromatic carbocycles. The summed E-state index contributed by atoms with van der Waals surface area (Å²) in [6.45, 7) is 0. The minimum atomic E-state index is -0.377. The number of hydrogen-bond acceptors (Lipinski definition) is 4. The molecule has 0 aromatic heterocycles. The number of rotatable bonds is 3. The van der Waals surface area contributed by atoms with E-state index in [4.69, 9.17) is 4.42 Å². The molecule has 0 fully saturated rings. The summed E-state index contributed by atoms with van der Waals surface area (Å²) in [4.78, 5) is 34.9. The second-order valence-corrected chi connectivity index (χ2v) is 4.21. The van der Waals surface area contributed by atoms with Crippen LogP contribution in [-0.4, -0.2) is 5.91 Å².